The number of halogens is 3. The Labute approximate surface area is 252 Å². The highest BCUT2D eigenvalue weighted by atomic mass is 32.2. The number of amides is 1. The Bertz CT molecular complexity index is 1660. The van der Waals surface area contributed by atoms with Crippen LogP contribution >= 0.6 is 0 Å². The lowest BCUT2D eigenvalue weighted by atomic mass is 9.76. The lowest BCUT2D eigenvalue weighted by Crippen LogP contribution is -2.42. The number of alkyl halides is 3. The van der Waals surface area contributed by atoms with Gasteiger partial charge in [-0.15, -0.1) is 13.2 Å². The van der Waals surface area contributed by atoms with Gasteiger partial charge in [0, 0.05) is 41.7 Å². The van der Waals surface area contributed by atoms with E-state index in [1.165, 1.54) is 24.3 Å². The van der Waals surface area contributed by atoms with Crippen LogP contribution in [0.4, 0.5) is 18.9 Å². The first kappa shape index (κ1) is 30.0. The van der Waals surface area contributed by atoms with Crippen molar-refractivity contribution in [3.05, 3.63) is 54.3 Å². The first-order valence-corrected chi connectivity index (χ1v) is 16.4. The number of carbonyl (C=O) groups excluding carboxylic acids is 1. The van der Waals surface area contributed by atoms with Gasteiger partial charge in [0.2, 0.25) is 11.8 Å². The largest absolute Gasteiger partial charge is 0.573 e. The molecule has 6 rings (SSSR count). The number of benzene rings is 2. The second-order valence-corrected chi connectivity index (χ2v) is 14.0. The molecule has 1 aliphatic heterocycles. The normalized spacial score (nSPS) is 22.5. The highest BCUT2D eigenvalue weighted by Gasteiger charge is 2.47. The number of oxazole rings is 1. The predicted molar refractivity (Wildman–Crippen MR) is 155 cm³/mol. The van der Waals surface area contributed by atoms with Crippen molar-refractivity contribution >= 4 is 21.4 Å². The number of rotatable bonds is 7. The second kappa shape index (κ2) is 11.5. The maximum Gasteiger partial charge on any atom is 0.573 e. The van der Waals surface area contributed by atoms with Crippen molar-refractivity contribution in [3.63, 3.8) is 0 Å². The van der Waals surface area contributed by atoms with Gasteiger partial charge in [0.15, 0.2) is 9.84 Å². The third-order valence-electron chi connectivity index (χ3n) is 8.60. The van der Waals surface area contributed by atoms with Crippen LogP contribution in [0, 0.1) is 17.2 Å². The van der Waals surface area contributed by atoms with E-state index in [4.69, 9.17) is 9.40 Å². The van der Waals surface area contributed by atoms with Crippen molar-refractivity contribution in [2.75, 3.05) is 29.5 Å². The van der Waals surface area contributed by atoms with Crippen LogP contribution in [-0.4, -0.2) is 55.8 Å². The van der Waals surface area contributed by atoms with Crippen LogP contribution in [0.15, 0.2) is 52.9 Å². The van der Waals surface area contributed by atoms with E-state index in [2.05, 4.69) is 16.1 Å². The fourth-order valence-corrected chi connectivity index (χ4v) is 7.19. The summed E-state index contributed by atoms with van der Waals surface area (Å²) in [6, 6.07) is 15.0. The summed E-state index contributed by atoms with van der Waals surface area (Å²) in [5, 5.41) is 12.5. The minimum absolute atomic E-state index is 0.0938. The van der Waals surface area contributed by atoms with Gasteiger partial charge in [-0.25, -0.2) is 13.4 Å². The average Bonchev–Trinajstić information content (AvgIpc) is 3.63. The van der Waals surface area contributed by atoms with Crippen LogP contribution in [0.3, 0.4) is 0 Å². The lowest BCUT2D eigenvalue weighted by Gasteiger charge is -2.30. The van der Waals surface area contributed by atoms with Crippen LogP contribution < -0.4 is 15.0 Å². The summed E-state index contributed by atoms with van der Waals surface area (Å²) in [6.45, 7) is 0.802. The summed E-state index contributed by atoms with van der Waals surface area (Å²) in [5.74, 6) is -0.437. The number of nitrogens with one attached hydrogen (secondary N) is 1. The average molecular weight is 629 g/mol. The molecule has 13 heteroatoms. The van der Waals surface area contributed by atoms with Gasteiger partial charge in [0.1, 0.15) is 22.7 Å². The molecule has 1 amide bonds. The standard InChI is InChI=1S/C31H31F3N4O5S/c32-31(33,34)43-23-11-7-21(8-12-23)29-36-26(20-5-9-22(10-6-20)38-15-17-44(40,41)18-16-38)27(42-29)24-3-1-2-4-25(24)28(39)37-30(19-35)13-14-30/h5-12,24-25H,1-4,13-18H2,(H,37,39)/t24-,25-/m1/s1. The molecule has 3 fully saturated rings. The summed E-state index contributed by atoms with van der Waals surface area (Å²) in [5.41, 5.74) is 1.75. The number of carbonyl (C=O) groups is 1. The Morgan fingerprint density at radius 2 is 1.66 bits per heavy atom. The zero-order valence-electron chi connectivity index (χ0n) is 23.8. The molecule has 44 heavy (non-hydrogen) atoms. The van der Waals surface area contributed by atoms with Crippen LogP contribution in [0.5, 0.6) is 5.75 Å². The van der Waals surface area contributed by atoms with E-state index >= 15 is 0 Å². The molecule has 0 unspecified atom stereocenters. The third-order valence-corrected chi connectivity index (χ3v) is 10.2. The Kier molecular flexibility index (Phi) is 7.82. The zero-order chi connectivity index (χ0) is 31.1. The molecule has 2 heterocycles. The number of hydrogen-bond acceptors (Lipinski definition) is 8. The molecule has 0 spiro atoms. The number of nitriles is 1. The molecular formula is C31H31F3N4O5S. The minimum atomic E-state index is -4.82. The van der Waals surface area contributed by atoms with Gasteiger partial charge in [-0.1, -0.05) is 25.0 Å². The molecular weight excluding hydrogens is 597 g/mol. The SMILES string of the molecule is N#CC1(NC(=O)[C@@H]2CCCC[C@H]2c2oc(-c3ccc(OC(F)(F)F)cc3)nc2-c2ccc(N3CCS(=O)(=O)CC3)cc2)CC1. The van der Waals surface area contributed by atoms with Gasteiger partial charge in [0.05, 0.1) is 17.6 Å². The fourth-order valence-electron chi connectivity index (χ4n) is 5.99. The van der Waals surface area contributed by atoms with Crippen LogP contribution in [0.2, 0.25) is 0 Å². The Balaban J connectivity index is 1.34. The molecule has 1 N–H and O–H groups in total. The van der Waals surface area contributed by atoms with Gasteiger partial charge in [-0.3, -0.25) is 4.79 Å². The quantitative estimate of drug-likeness (QED) is 0.359. The highest BCUT2D eigenvalue weighted by molar-refractivity contribution is 7.91. The molecule has 2 atom stereocenters. The number of ether oxygens (including phenoxy) is 1. The van der Waals surface area contributed by atoms with Gasteiger partial charge in [-0.05, 0) is 62.1 Å². The fraction of sp³-hybridized carbons (Fsp3) is 0.452. The first-order valence-electron chi connectivity index (χ1n) is 14.6. The van der Waals surface area contributed by atoms with Crippen molar-refractivity contribution < 1.29 is 35.5 Å². The van der Waals surface area contributed by atoms with E-state index < -0.39 is 27.7 Å². The molecule has 0 bridgehead atoms. The molecule has 2 aliphatic carbocycles. The molecule has 3 aromatic rings. The molecule has 2 saturated carbocycles. The number of anilines is 1. The summed E-state index contributed by atoms with van der Waals surface area (Å²) in [6.07, 6.45) is -0.577. The van der Waals surface area contributed by atoms with E-state index in [0.29, 0.717) is 55.8 Å². The summed E-state index contributed by atoms with van der Waals surface area (Å²) >= 11 is 0. The van der Waals surface area contributed by atoms with Gasteiger partial charge in [0.25, 0.3) is 0 Å². The van der Waals surface area contributed by atoms with E-state index in [1.807, 2.05) is 29.2 Å². The monoisotopic (exact) mass is 628 g/mol. The molecule has 2 aromatic carbocycles. The number of nitrogens with zero attached hydrogens (tertiary/aromatic N) is 3. The second-order valence-electron chi connectivity index (χ2n) is 11.7. The number of hydrogen-bond donors (Lipinski definition) is 1. The molecule has 0 radical (unpaired) electrons. The van der Waals surface area contributed by atoms with Crippen molar-refractivity contribution in [1.29, 1.82) is 5.26 Å². The summed E-state index contributed by atoms with van der Waals surface area (Å²) in [4.78, 5) is 20.3. The Morgan fingerprint density at radius 1 is 1.02 bits per heavy atom. The van der Waals surface area contributed by atoms with E-state index in [9.17, 15) is 31.6 Å². The number of sulfone groups is 1. The molecule has 1 saturated heterocycles. The van der Waals surface area contributed by atoms with Crippen LogP contribution in [-0.2, 0) is 14.6 Å². The smallest absolute Gasteiger partial charge is 0.440 e. The maximum absolute atomic E-state index is 13.5. The van der Waals surface area contributed by atoms with Gasteiger partial charge < -0.3 is 19.4 Å². The van der Waals surface area contributed by atoms with Crippen LogP contribution in [0.25, 0.3) is 22.7 Å². The molecule has 1 aromatic heterocycles. The van der Waals surface area contributed by atoms with E-state index in [0.717, 1.165) is 24.1 Å². The number of aromatic nitrogens is 1. The van der Waals surface area contributed by atoms with E-state index in [1.54, 1.807) is 0 Å². The van der Waals surface area contributed by atoms with Crippen LogP contribution in [0.1, 0.15) is 50.2 Å². The van der Waals surface area contributed by atoms with Crippen molar-refractivity contribution in [1.82, 2.24) is 10.3 Å². The highest BCUT2D eigenvalue weighted by Crippen LogP contribution is 2.45. The zero-order valence-corrected chi connectivity index (χ0v) is 24.6. The Morgan fingerprint density at radius 3 is 2.27 bits per heavy atom. The first-order chi connectivity index (χ1) is 20.9. The Hall–Kier alpha value is -4.05. The topological polar surface area (TPSA) is 126 Å². The molecule has 9 nitrogen and oxygen atoms in total. The molecule has 3 aliphatic rings. The lowest BCUT2D eigenvalue weighted by molar-refractivity contribution is -0.274. The van der Waals surface area contributed by atoms with Gasteiger partial charge in [-0.2, -0.15) is 5.26 Å². The summed E-state index contributed by atoms with van der Waals surface area (Å²) < 4.78 is 72.2. The predicted octanol–water partition coefficient (Wildman–Crippen LogP) is 5.59. The maximum atomic E-state index is 13.5. The minimum Gasteiger partial charge on any atom is -0.440 e. The van der Waals surface area contributed by atoms with Crippen molar-refractivity contribution in [3.8, 4) is 34.5 Å². The summed E-state index contributed by atoms with van der Waals surface area (Å²) in [7, 11) is -3.03. The van der Waals surface area contributed by atoms with Crippen molar-refractivity contribution in [2.45, 2.75) is 56.3 Å². The third kappa shape index (κ3) is 6.55. The van der Waals surface area contributed by atoms with E-state index in [-0.39, 0.29) is 35.0 Å². The van der Waals surface area contributed by atoms with Gasteiger partial charge >= 0.3 is 6.36 Å². The molecule has 232 valence electrons. The van der Waals surface area contributed by atoms with Crippen molar-refractivity contribution in [2.24, 2.45) is 5.92 Å².